The lowest BCUT2D eigenvalue weighted by atomic mass is 10.1. The molecule has 0 fully saturated rings. The average molecular weight is 386 g/mol. The molecule has 1 heterocycles. The van der Waals surface area contributed by atoms with E-state index in [0.29, 0.717) is 22.8 Å². The van der Waals surface area contributed by atoms with Crippen LogP contribution in [0.2, 0.25) is 0 Å². The number of hydrogen-bond acceptors (Lipinski definition) is 4. The normalized spacial score (nSPS) is 10.8. The summed E-state index contributed by atoms with van der Waals surface area (Å²) in [6.45, 7) is 1.74. The zero-order valence-electron chi connectivity index (χ0n) is 14.5. The molecule has 4 nitrogen and oxygen atoms in total. The first kappa shape index (κ1) is 19.0. The van der Waals surface area contributed by atoms with E-state index < -0.39 is 11.6 Å². The van der Waals surface area contributed by atoms with E-state index >= 15 is 0 Å². The third kappa shape index (κ3) is 4.68. The minimum atomic E-state index is -1.07. The summed E-state index contributed by atoms with van der Waals surface area (Å²) in [5, 5.41) is 0.310. The predicted octanol–water partition coefficient (Wildman–Crippen LogP) is 3.92. The van der Waals surface area contributed by atoms with Gasteiger partial charge in [-0.25, -0.2) is 13.8 Å². The highest BCUT2D eigenvalue weighted by Gasteiger charge is 2.13. The number of aromatic nitrogens is 2. The average Bonchev–Trinajstić information content (AvgIpc) is 2.66. The van der Waals surface area contributed by atoms with E-state index in [1.165, 1.54) is 6.07 Å². The molecule has 0 unspecified atom stereocenters. The largest absolute Gasteiger partial charge is 0.301 e. The predicted molar refractivity (Wildman–Crippen MR) is 100 cm³/mol. The Balaban J connectivity index is 1.71. The lowest BCUT2D eigenvalue weighted by Gasteiger charge is -2.07. The summed E-state index contributed by atoms with van der Waals surface area (Å²) in [4.78, 5) is 31.5. The number of ketones is 1. The van der Waals surface area contributed by atoms with E-state index in [4.69, 9.17) is 0 Å². The van der Waals surface area contributed by atoms with Crippen molar-refractivity contribution in [2.75, 3.05) is 5.75 Å². The van der Waals surface area contributed by atoms with Crippen molar-refractivity contribution in [2.24, 2.45) is 0 Å². The monoisotopic (exact) mass is 386 g/mol. The van der Waals surface area contributed by atoms with Crippen LogP contribution in [0.1, 0.15) is 27.2 Å². The molecule has 138 valence electrons. The Morgan fingerprint density at radius 1 is 1.11 bits per heavy atom. The van der Waals surface area contributed by atoms with Crippen molar-refractivity contribution in [3.63, 3.8) is 0 Å². The molecular weight excluding hydrogens is 370 g/mol. The van der Waals surface area contributed by atoms with Crippen LogP contribution >= 0.6 is 11.8 Å². The number of carbonyl (C=O) groups is 1. The van der Waals surface area contributed by atoms with Gasteiger partial charge in [0, 0.05) is 23.2 Å². The Morgan fingerprint density at radius 3 is 2.52 bits per heavy atom. The van der Waals surface area contributed by atoms with E-state index in [1.54, 1.807) is 6.92 Å². The van der Waals surface area contributed by atoms with E-state index in [9.17, 15) is 18.4 Å². The molecule has 0 atom stereocenters. The fourth-order valence-corrected chi connectivity index (χ4v) is 3.35. The highest BCUT2D eigenvalue weighted by Crippen LogP contribution is 2.17. The van der Waals surface area contributed by atoms with Crippen LogP contribution in [0.5, 0.6) is 0 Å². The summed E-state index contributed by atoms with van der Waals surface area (Å²) in [6.07, 6.45) is 0.466. The van der Waals surface area contributed by atoms with Gasteiger partial charge in [-0.05, 0) is 30.7 Å². The Hall–Kier alpha value is -2.80. The van der Waals surface area contributed by atoms with Gasteiger partial charge < -0.3 is 4.98 Å². The van der Waals surface area contributed by atoms with E-state index in [2.05, 4.69) is 9.97 Å². The van der Waals surface area contributed by atoms with Crippen molar-refractivity contribution in [2.45, 2.75) is 18.5 Å². The number of hydrogen-bond donors (Lipinski definition) is 1. The fourth-order valence-electron chi connectivity index (χ4n) is 2.55. The van der Waals surface area contributed by atoms with Gasteiger partial charge in [0.15, 0.2) is 22.6 Å². The molecule has 3 aromatic rings. The SMILES string of the molecule is Cc1nc(SCC(=O)c2ccc(F)c(F)c2)[nH]c(=O)c1Cc1ccccc1. The van der Waals surface area contributed by atoms with Crippen molar-refractivity contribution >= 4 is 17.5 Å². The molecule has 27 heavy (non-hydrogen) atoms. The summed E-state index contributed by atoms with van der Waals surface area (Å²) in [5.74, 6) is -2.51. The van der Waals surface area contributed by atoms with Crippen LogP contribution in [-0.4, -0.2) is 21.5 Å². The number of aromatic amines is 1. The molecule has 0 aliphatic carbocycles. The molecule has 7 heteroatoms. The Morgan fingerprint density at radius 2 is 1.85 bits per heavy atom. The number of nitrogens with zero attached hydrogens (tertiary/aromatic N) is 1. The first-order valence-electron chi connectivity index (χ1n) is 8.19. The number of halogens is 2. The molecule has 1 aromatic heterocycles. The molecular formula is C20H16F2N2O2S. The summed E-state index contributed by atoms with van der Waals surface area (Å²) < 4.78 is 26.2. The highest BCUT2D eigenvalue weighted by molar-refractivity contribution is 7.99. The van der Waals surface area contributed by atoms with Crippen LogP contribution < -0.4 is 5.56 Å². The number of H-pyrrole nitrogens is 1. The summed E-state index contributed by atoms with van der Waals surface area (Å²) in [7, 11) is 0. The van der Waals surface area contributed by atoms with Crippen LogP contribution in [0.25, 0.3) is 0 Å². The van der Waals surface area contributed by atoms with Crippen LogP contribution in [-0.2, 0) is 6.42 Å². The number of nitrogens with one attached hydrogen (secondary N) is 1. The second-order valence-electron chi connectivity index (χ2n) is 5.94. The van der Waals surface area contributed by atoms with Gasteiger partial charge in [-0.15, -0.1) is 0 Å². The van der Waals surface area contributed by atoms with Gasteiger partial charge in [0.25, 0.3) is 5.56 Å². The minimum absolute atomic E-state index is 0.0501. The molecule has 0 radical (unpaired) electrons. The van der Waals surface area contributed by atoms with Gasteiger partial charge in [0.1, 0.15) is 0 Å². The molecule has 0 amide bonds. The molecule has 0 saturated heterocycles. The van der Waals surface area contributed by atoms with Gasteiger partial charge in [-0.3, -0.25) is 9.59 Å². The molecule has 2 aromatic carbocycles. The van der Waals surface area contributed by atoms with Gasteiger partial charge >= 0.3 is 0 Å². The molecule has 0 bridgehead atoms. The van der Waals surface area contributed by atoms with E-state index in [-0.39, 0.29) is 22.7 Å². The molecule has 0 spiro atoms. The van der Waals surface area contributed by atoms with E-state index in [0.717, 1.165) is 29.5 Å². The van der Waals surface area contributed by atoms with Crippen LogP contribution in [0.15, 0.2) is 58.5 Å². The van der Waals surface area contributed by atoms with E-state index in [1.807, 2.05) is 30.3 Å². The smallest absolute Gasteiger partial charge is 0.255 e. The van der Waals surface area contributed by atoms with Crippen molar-refractivity contribution in [1.82, 2.24) is 9.97 Å². The third-order valence-electron chi connectivity index (χ3n) is 4.01. The maximum absolute atomic E-state index is 13.2. The van der Waals surface area contributed by atoms with Gasteiger partial charge in [0.2, 0.25) is 0 Å². The van der Waals surface area contributed by atoms with Crippen LogP contribution in [0.3, 0.4) is 0 Å². The Kier molecular flexibility index (Phi) is 5.81. The summed E-state index contributed by atoms with van der Waals surface area (Å²) in [6, 6.07) is 12.6. The Labute approximate surface area is 158 Å². The van der Waals surface area contributed by atoms with Crippen LogP contribution in [0.4, 0.5) is 8.78 Å². The second-order valence-corrected chi connectivity index (χ2v) is 6.90. The molecule has 0 aliphatic rings. The highest BCUT2D eigenvalue weighted by atomic mass is 32.2. The summed E-state index contributed by atoms with van der Waals surface area (Å²) in [5.41, 5.74) is 1.97. The second kappa shape index (κ2) is 8.26. The van der Waals surface area contributed by atoms with Gasteiger partial charge in [-0.2, -0.15) is 0 Å². The lowest BCUT2D eigenvalue weighted by Crippen LogP contribution is -2.18. The third-order valence-corrected chi connectivity index (χ3v) is 4.88. The number of aryl methyl sites for hydroxylation is 1. The Bertz CT molecular complexity index is 1040. The maximum atomic E-state index is 13.2. The summed E-state index contributed by atoms with van der Waals surface area (Å²) >= 11 is 1.04. The number of Topliss-reactive ketones (excluding diaryl/α,β-unsaturated/α-hetero) is 1. The zero-order valence-corrected chi connectivity index (χ0v) is 15.3. The number of benzene rings is 2. The number of rotatable bonds is 6. The van der Waals surface area contributed by atoms with Gasteiger partial charge in [-0.1, -0.05) is 42.1 Å². The van der Waals surface area contributed by atoms with Crippen molar-refractivity contribution < 1.29 is 13.6 Å². The van der Waals surface area contributed by atoms with Gasteiger partial charge in [0.05, 0.1) is 5.75 Å². The quantitative estimate of drug-likeness (QED) is 0.396. The van der Waals surface area contributed by atoms with Crippen molar-refractivity contribution in [3.8, 4) is 0 Å². The van der Waals surface area contributed by atoms with Crippen molar-refractivity contribution in [3.05, 3.63) is 92.9 Å². The fraction of sp³-hybridized carbons (Fsp3) is 0.150. The van der Waals surface area contributed by atoms with Crippen LogP contribution in [0, 0.1) is 18.6 Å². The lowest BCUT2D eigenvalue weighted by molar-refractivity contribution is 0.102. The standard InChI is InChI=1S/C20H16F2N2O2S/c1-12-15(9-13-5-3-2-4-6-13)19(26)24-20(23-12)27-11-18(25)14-7-8-16(21)17(22)10-14/h2-8,10H,9,11H2,1H3,(H,23,24,26). The molecule has 0 aliphatic heterocycles. The minimum Gasteiger partial charge on any atom is -0.301 e. The molecule has 3 rings (SSSR count). The zero-order chi connectivity index (χ0) is 19.4. The topological polar surface area (TPSA) is 62.8 Å². The van der Waals surface area contributed by atoms with Crippen molar-refractivity contribution in [1.29, 1.82) is 0 Å². The molecule has 0 saturated carbocycles. The maximum Gasteiger partial charge on any atom is 0.255 e. The number of carbonyl (C=O) groups excluding carboxylic acids is 1. The molecule has 1 N–H and O–H groups in total. The first-order chi connectivity index (χ1) is 12.9. The first-order valence-corrected chi connectivity index (χ1v) is 9.17. The number of thioether (sulfide) groups is 1.